The lowest BCUT2D eigenvalue weighted by Crippen LogP contribution is -2.45. The number of piperidine rings is 1. The maximum atomic E-state index is 13.5. The van der Waals surface area contributed by atoms with E-state index in [-0.39, 0.29) is 11.7 Å². The number of carbonyl (C=O) groups excluding carboxylic acids is 1. The van der Waals surface area contributed by atoms with Gasteiger partial charge in [0.2, 0.25) is 0 Å². The summed E-state index contributed by atoms with van der Waals surface area (Å²) < 4.78 is 26.5. The number of hydrogen-bond acceptors (Lipinski definition) is 8. The third-order valence-corrected chi connectivity index (χ3v) is 9.83. The summed E-state index contributed by atoms with van der Waals surface area (Å²) in [6.45, 7) is 24.3. The molecular weight excluding hydrogens is 677 g/mol. The monoisotopic (exact) mass is 736 g/mol. The largest absolute Gasteiger partial charge is 0.490 e. The van der Waals surface area contributed by atoms with Crippen molar-refractivity contribution in [2.24, 2.45) is 5.92 Å². The Balaban J connectivity index is 1.59. The lowest BCUT2D eigenvalue weighted by molar-refractivity contribution is -0.164. The molecule has 0 bridgehead atoms. The molecule has 5 rings (SSSR count). The molecule has 0 saturated carbocycles. The number of aryl methyl sites for hydroxylation is 2. The minimum atomic E-state index is -1.00. The van der Waals surface area contributed by atoms with E-state index in [1.54, 1.807) is 0 Å². The zero-order valence-corrected chi connectivity index (χ0v) is 34.1. The summed E-state index contributed by atoms with van der Waals surface area (Å²) in [5.74, 6) is 1.63. The van der Waals surface area contributed by atoms with Crippen LogP contribution in [0.1, 0.15) is 97.1 Å². The summed E-state index contributed by atoms with van der Waals surface area (Å²) in [7, 11) is 1.39. The number of rotatable bonds is 15. The van der Waals surface area contributed by atoms with Gasteiger partial charge in [0.05, 0.1) is 42.3 Å². The second kappa shape index (κ2) is 17.3. The normalized spacial score (nSPS) is 15.9. The van der Waals surface area contributed by atoms with E-state index in [1.165, 1.54) is 7.11 Å². The molecule has 1 aliphatic heterocycles. The first-order valence-corrected chi connectivity index (χ1v) is 19.3. The van der Waals surface area contributed by atoms with Crippen molar-refractivity contribution in [2.45, 2.75) is 111 Å². The van der Waals surface area contributed by atoms with E-state index in [4.69, 9.17) is 29.0 Å². The van der Waals surface area contributed by atoms with Crippen LogP contribution < -0.4 is 9.64 Å². The molecule has 1 saturated heterocycles. The second-order valence-corrected chi connectivity index (χ2v) is 16.2. The summed E-state index contributed by atoms with van der Waals surface area (Å²) in [4.78, 5) is 20.8. The predicted molar refractivity (Wildman–Crippen MR) is 218 cm³/mol. The van der Waals surface area contributed by atoms with E-state index in [0.29, 0.717) is 42.5 Å². The minimum Gasteiger partial charge on any atom is -0.490 e. The molecular formula is C45H60N4O5. The van der Waals surface area contributed by atoms with Crippen molar-refractivity contribution in [1.82, 2.24) is 14.6 Å². The number of carbonyl (C=O) groups is 1. The Morgan fingerprint density at radius 3 is 2.43 bits per heavy atom. The number of anilines is 1. The van der Waals surface area contributed by atoms with Crippen molar-refractivity contribution < 1.29 is 23.7 Å². The van der Waals surface area contributed by atoms with Crippen molar-refractivity contribution >= 4 is 17.4 Å². The summed E-state index contributed by atoms with van der Waals surface area (Å²) in [5, 5.41) is 5.22. The van der Waals surface area contributed by atoms with Gasteiger partial charge in [-0.1, -0.05) is 61.9 Å². The number of ether oxygens (including phenoxy) is 4. The fourth-order valence-electron chi connectivity index (χ4n) is 6.91. The van der Waals surface area contributed by atoms with Crippen molar-refractivity contribution in [3.63, 3.8) is 0 Å². The topological polar surface area (TPSA) is 87.4 Å². The van der Waals surface area contributed by atoms with Crippen molar-refractivity contribution in [1.29, 1.82) is 0 Å². The van der Waals surface area contributed by atoms with E-state index < -0.39 is 17.7 Å². The van der Waals surface area contributed by atoms with Gasteiger partial charge >= 0.3 is 5.97 Å². The van der Waals surface area contributed by atoms with Crippen LogP contribution in [0.4, 0.5) is 5.82 Å². The lowest BCUT2D eigenvalue weighted by Gasteiger charge is -2.41. The molecule has 54 heavy (non-hydrogen) atoms. The molecule has 2 aromatic heterocycles. The molecule has 0 radical (unpaired) electrons. The van der Waals surface area contributed by atoms with Crippen LogP contribution in [-0.2, 0) is 19.0 Å². The van der Waals surface area contributed by atoms with Gasteiger partial charge in [-0.05, 0) is 104 Å². The van der Waals surface area contributed by atoms with Gasteiger partial charge in [-0.15, -0.1) is 6.58 Å². The summed E-state index contributed by atoms with van der Waals surface area (Å²) in [6, 6.07) is 16.7. The highest BCUT2D eigenvalue weighted by Gasteiger charge is 2.38. The third-order valence-electron chi connectivity index (χ3n) is 9.83. The summed E-state index contributed by atoms with van der Waals surface area (Å²) in [5.41, 5.74) is 6.05. The van der Waals surface area contributed by atoms with E-state index in [9.17, 15) is 4.79 Å². The Labute approximate surface area is 322 Å². The smallest absolute Gasteiger partial charge is 0.339 e. The van der Waals surface area contributed by atoms with Gasteiger partial charge < -0.3 is 23.8 Å². The average molecular weight is 737 g/mol. The van der Waals surface area contributed by atoms with Gasteiger partial charge in [0, 0.05) is 36.0 Å². The quantitative estimate of drug-likeness (QED) is 0.0881. The maximum absolute atomic E-state index is 13.5. The van der Waals surface area contributed by atoms with E-state index >= 15 is 0 Å². The number of benzene rings is 2. The van der Waals surface area contributed by atoms with Crippen molar-refractivity contribution in [3.05, 3.63) is 90.2 Å². The van der Waals surface area contributed by atoms with Crippen LogP contribution in [0.5, 0.6) is 5.75 Å². The number of fused-ring (bicyclic) bond motifs is 1. The minimum absolute atomic E-state index is 0.0463. The van der Waals surface area contributed by atoms with Crippen molar-refractivity contribution in [2.75, 3.05) is 31.7 Å². The number of nitrogens with zero attached hydrogens (tertiary/aromatic N) is 4. The van der Waals surface area contributed by atoms with Crippen LogP contribution in [-0.4, -0.2) is 64.7 Å². The molecule has 2 unspecified atom stereocenters. The summed E-state index contributed by atoms with van der Waals surface area (Å²) in [6.07, 6.45) is 8.65. The van der Waals surface area contributed by atoms with Crippen LogP contribution in [0.3, 0.4) is 0 Å². The number of esters is 1. The molecule has 290 valence electrons. The highest BCUT2D eigenvalue weighted by atomic mass is 16.6. The van der Waals surface area contributed by atoms with Crippen LogP contribution in [0, 0.1) is 19.8 Å². The number of methoxy groups -OCH3 is 1. The van der Waals surface area contributed by atoms with Gasteiger partial charge in [0.25, 0.3) is 0 Å². The van der Waals surface area contributed by atoms with Crippen molar-refractivity contribution in [3.8, 4) is 28.1 Å². The Morgan fingerprint density at radius 2 is 1.76 bits per heavy atom. The van der Waals surface area contributed by atoms with Gasteiger partial charge in [0.15, 0.2) is 11.8 Å². The first-order valence-electron chi connectivity index (χ1n) is 19.3. The molecule has 1 aliphatic rings. The molecule has 2 aromatic carbocycles. The second-order valence-electron chi connectivity index (χ2n) is 16.2. The molecule has 0 amide bonds. The molecule has 2 atom stereocenters. The Kier molecular flexibility index (Phi) is 13.1. The zero-order valence-electron chi connectivity index (χ0n) is 34.1. The van der Waals surface area contributed by atoms with Crippen LogP contribution >= 0.6 is 0 Å². The lowest BCUT2D eigenvalue weighted by atomic mass is 9.92. The van der Waals surface area contributed by atoms with E-state index in [0.717, 1.165) is 65.2 Å². The van der Waals surface area contributed by atoms with Gasteiger partial charge in [-0.25, -0.2) is 9.78 Å². The standard InChI is InChI=1S/C45H60N4O5/c1-12-13-17-32(5)53-38-21-20-31(4)27-36(38)34-18-14-19-35(28-34)37-29-39-46-33(6)40(41(43(50)51-11)54-44(7,8)9)42(49(39)47-37)48-24-22-45(10,23-25-48)52-26-15-16-30(2)3/h12,14-16,18-21,27-30,32,41H,1,13,17,22-26H2,2-11H3. The molecule has 0 spiro atoms. The highest BCUT2D eigenvalue weighted by Crippen LogP contribution is 2.40. The zero-order chi connectivity index (χ0) is 39.2. The number of aromatic nitrogens is 3. The Hall–Kier alpha value is -4.47. The SMILES string of the molecule is C=CCCC(C)Oc1ccc(C)cc1-c1cccc(-c2cc3nc(C)c(C(OC(C)(C)C)C(=O)OC)c(N4CCC(C)(OCC=CC(C)C)CC4)n3n2)c1. The maximum Gasteiger partial charge on any atom is 0.339 e. The fourth-order valence-corrected chi connectivity index (χ4v) is 6.91. The third kappa shape index (κ3) is 9.98. The molecule has 1 fully saturated rings. The molecule has 0 N–H and O–H groups in total. The molecule has 9 nitrogen and oxygen atoms in total. The molecule has 3 heterocycles. The molecule has 0 aliphatic carbocycles. The number of allylic oxidation sites excluding steroid dienone is 2. The molecule has 9 heteroatoms. The van der Waals surface area contributed by atoms with Gasteiger partial charge in [-0.2, -0.15) is 9.61 Å². The first-order chi connectivity index (χ1) is 25.6. The fraction of sp³-hybridized carbons (Fsp3) is 0.489. The van der Waals surface area contributed by atoms with Crippen LogP contribution in [0.15, 0.2) is 73.3 Å². The highest BCUT2D eigenvalue weighted by molar-refractivity contribution is 5.81. The Bertz CT molecular complexity index is 1950. The number of hydrogen-bond donors (Lipinski definition) is 0. The molecule has 4 aromatic rings. The average Bonchev–Trinajstić information content (AvgIpc) is 3.55. The van der Waals surface area contributed by atoms with E-state index in [2.05, 4.69) is 101 Å². The van der Waals surface area contributed by atoms with Gasteiger partial charge in [0.1, 0.15) is 11.6 Å². The summed E-state index contributed by atoms with van der Waals surface area (Å²) >= 11 is 0. The van der Waals surface area contributed by atoms with E-state index in [1.807, 2.05) is 44.4 Å². The Morgan fingerprint density at radius 1 is 1.04 bits per heavy atom. The predicted octanol–water partition coefficient (Wildman–Crippen LogP) is 10.0. The first kappa shape index (κ1) is 40.7. The van der Waals surface area contributed by atoms with Crippen LogP contribution in [0.2, 0.25) is 0 Å². The van der Waals surface area contributed by atoms with Gasteiger partial charge in [-0.3, -0.25) is 0 Å². The van der Waals surface area contributed by atoms with Crippen LogP contribution in [0.25, 0.3) is 28.0 Å².